The quantitative estimate of drug-likeness (QED) is 0.810. The molecule has 0 fully saturated rings. The molecule has 0 aliphatic rings. The lowest BCUT2D eigenvalue weighted by Gasteiger charge is -2.14. The van der Waals surface area contributed by atoms with Crippen molar-refractivity contribution in [1.29, 1.82) is 0 Å². The van der Waals surface area contributed by atoms with Crippen LogP contribution in [0.4, 0.5) is 4.39 Å². The third kappa shape index (κ3) is 3.62. The van der Waals surface area contributed by atoms with Gasteiger partial charge in [0.1, 0.15) is 5.82 Å². The predicted molar refractivity (Wildman–Crippen MR) is 81.9 cm³/mol. The van der Waals surface area contributed by atoms with E-state index >= 15 is 0 Å². The Bertz CT molecular complexity index is 675. The number of nitrogens with zero attached hydrogens (tertiary/aromatic N) is 3. The molecule has 21 heavy (non-hydrogen) atoms. The minimum absolute atomic E-state index is 0.0152. The molecule has 0 atom stereocenters. The van der Waals surface area contributed by atoms with Gasteiger partial charge in [-0.05, 0) is 32.0 Å². The fourth-order valence-electron chi connectivity index (χ4n) is 1.82. The van der Waals surface area contributed by atoms with E-state index in [0.29, 0.717) is 21.0 Å². The normalized spacial score (nSPS) is 11.1. The molecule has 1 aromatic carbocycles. The van der Waals surface area contributed by atoms with Gasteiger partial charge in [0.15, 0.2) is 11.0 Å². The van der Waals surface area contributed by atoms with Crippen LogP contribution in [0.5, 0.6) is 0 Å². The second-order valence-corrected chi connectivity index (χ2v) is 6.37. The van der Waals surface area contributed by atoms with E-state index in [-0.39, 0.29) is 17.6 Å². The van der Waals surface area contributed by atoms with Gasteiger partial charge in [-0.3, -0.25) is 9.36 Å². The standard InChI is InChI=1S/C13H13BrFN3O2S/c1-7(2)18-12(9-5-8(15)3-4-10(9)14)16-17-13(18)21-6-11(19)20/h3-5,7H,6H2,1-2H3,(H,19,20). The average molecular weight is 374 g/mol. The summed E-state index contributed by atoms with van der Waals surface area (Å²) in [5, 5.41) is 17.4. The summed E-state index contributed by atoms with van der Waals surface area (Å²) in [6.07, 6.45) is 0. The summed E-state index contributed by atoms with van der Waals surface area (Å²) < 4.78 is 16.0. The highest BCUT2D eigenvalue weighted by molar-refractivity contribution is 9.10. The largest absolute Gasteiger partial charge is 0.481 e. The maximum Gasteiger partial charge on any atom is 0.313 e. The summed E-state index contributed by atoms with van der Waals surface area (Å²) in [7, 11) is 0. The maximum absolute atomic E-state index is 13.5. The third-order valence-electron chi connectivity index (χ3n) is 2.67. The lowest BCUT2D eigenvalue weighted by molar-refractivity contribution is -0.133. The van der Waals surface area contributed by atoms with E-state index in [9.17, 15) is 9.18 Å². The van der Waals surface area contributed by atoms with Gasteiger partial charge >= 0.3 is 5.97 Å². The molecule has 0 radical (unpaired) electrons. The fourth-order valence-corrected chi connectivity index (χ4v) is 3.03. The molecule has 0 saturated carbocycles. The van der Waals surface area contributed by atoms with Gasteiger partial charge in [0.25, 0.3) is 0 Å². The Morgan fingerprint density at radius 1 is 1.48 bits per heavy atom. The lowest BCUT2D eigenvalue weighted by Crippen LogP contribution is -2.07. The highest BCUT2D eigenvalue weighted by Crippen LogP contribution is 2.32. The number of halogens is 2. The Morgan fingerprint density at radius 3 is 2.81 bits per heavy atom. The van der Waals surface area contributed by atoms with E-state index in [1.165, 1.54) is 12.1 Å². The monoisotopic (exact) mass is 373 g/mol. The summed E-state index contributed by atoms with van der Waals surface area (Å²) in [5.74, 6) is -0.892. The van der Waals surface area contributed by atoms with Gasteiger partial charge in [-0.2, -0.15) is 0 Å². The van der Waals surface area contributed by atoms with Crippen molar-refractivity contribution in [3.63, 3.8) is 0 Å². The first-order valence-electron chi connectivity index (χ1n) is 6.15. The number of thioether (sulfide) groups is 1. The van der Waals surface area contributed by atoms with Gasteiger partial charge in [0.05, 0.1) is 5.75 Å². The van der Waals surface area contributed by atoms with Crippen molar-refractivity contribution in [1.82, 2.24) is 14.8 Å². The Balaban J connectivity index is 2.49. The Kier molecular flexibility index (Phi) is 5.00. The molecule has 0 bridgehead atoms. The van der Waals surface area contributed by atoms with Crippen LogP contribution in [-0.4, -0.2) is 31.6 Å². The second-order valence-electron chi connectivity index (χ2n) is 4.58. The van der Waals surface area contributed by atoms with Crippen LogP contribution >= 0.6 is 27.7 Å². The van der Waals surface area contributed by atoms with Crippen LogP contribution < -0.4 is 0 Å². The molecule has 0 unspecified atom stereocenters. The predicted octanol–water partition coefficient (Wildman–Crippen LogP) is 3.60. The Morgan fingerprint density at radius 2 is 2.19 bits per heavy atom. The average Bonchev–Trinajstić information content (AvgIpc) is 2.83. The van der Waals surface area contributed by atoms with E-state index in [4.69, 9.17) is 5.11 Å². The molecule has 0 saturated heterocycles. The summed E-state index contributed by atoms with van der Waals surface area (Å²) in [4.78, 5) is 10.7. The highest BCUT2D eigenvalue weighted by Gasteiger charge is 2.19. The van der Waals surface area contributed by atoms with Gasteiger partial charge in [-0.15, -0.1) is 10.2 Å². The van der Waals surface area contributed by atoms with Gasteiger partial charge in [-0.1, -0.05) is 27.7 Å². The molecule has 0 spiro atoms. The molecular weight excluding hydrogens is 361 g/mol. The van der Waals surface area contributed by atoms with Gasteiger partial charge in [0.2, 0.25) is 0 Å². The SMILES string of the molecule is CC(C)n1c(SCC(=O)O)nnc1-c1cc(F)ccc1Br. The first-order chi connectivity index (χ1) is 9.90. The highest BCUT2D eigenvalue weighted by atomic mass is 79.9. The Labute approximate surface area is 133 Å². The van der Waals surface area contributed by atoms with Crippen molar-refractivity contribution in [2.45, 2.75) is 25.0 Å². The molecule has 1 N–H and O–H groups in total. The molecule has 5 nitrogen and oxygen atoms in total. The molecule has 112 valence electrons. The minimum Gasteiger partial charge on any atom is -0.481 e. The third-order valence-corrected chi connectivity index (χ3v) is 4.29. The van der Waals surface area contributed by atoms with E-state index in [1.807, 2.05) is 13.8 Å². The van der Waals surface area contributed by atoms with Crippen molar-refractivity contribution in [2.24, 2.45) is 0 Å². The van der Waals surface area contributed by atoms with Crippen molar-refractivity contribution < 1.29 is 14.3 Å². The number of aliphatic carboxylic acids is 1. The molecule has 0 amide bonds. The zero-order valence-corrected chi connectivity index (χ0v) is 13.8. The molecule has 0 aliphatic carbocycles. The molecule has 8 heteroatoms. The van der Waals surface area contributed by atoms with Crippen LogP contribution in [0.25, 0.3) is 11.4 Å². The van der Waals surface area contributed by atoms with E-state index in [2.05, 4.69) is 26.1 Å². The van der Waals surface area contributed by atoms with Crippen LogP contribution in [0.1, 0.15) is 19.9 Å². The van der Waals surface area contributed by atoms with Crippen molar-refractivity contribution in [3.8, 4) is 11.4 Å². The summed E-state index contributed by atoms with van der Waals surface area (Å²) in [6.45, 7) is 3.87. The first-order valence-corrected chi connectivity index (χ1v) is 7.93. The van der Waals surface area contributed by atoms with E-state index in [1.54, 1.807) is 10.6 Å². The summed E-state index contributed by atoms with van der Waals surface area (Å²) in [5.41, 5.74) is 0.582. The van der Waals surface area contributed by atoms with Gasteiger partial charge in [-0.25, -0.2) is 4.39 Å². The van der Waals surface area contributed by atoms with Gasteiger partial charge in [0, 0.05) is 16.1 Å². The topological polar surface area (TPSA) is 68.0 Å². The minimum atomic E-state index is -0.924. The zero-order chi connectivity index (χ0) is 15.6. The number of carbonyl (C=O) groups is 1. The number of carboxylic acid groups (broad SMARTS) is 1. The zero-order valence-electron chi connectivity index (χ0n) is 11.4. The van der Waals surface area contributed by atoms with Crippen molar-refractivity contribution in [3.05, 3.63) is 28.5 Å². The van der Waals surface area contributed by atoms with E-state index in [0.717, 1.165) is 11.8 Å². The van der Waals surface area contributed by atoms with Crippen LogP contribution in [-0.2, 0) is 4.79 Å². The fraction of sp³-hybridized carbons (Fsp3) is 0.308. The number of benzene rings is 1. The van der Waals surface area contributed by atoms with Crippen molar-refractivity contribution in [2.75, 3.05) is 5.75 Å². The van der Waals surface area contributed by atoms with Crippen molar-refractivity contribution >= 4 is 33.7 Å². The van der Waals surface area contributed by atoms with E-state index < -0.39 is 5.97 Å². The number of hydrogen-bond donors (Lipinski definition) is 1. The summed E-state index contributed by atoms with van der Waals surface area (Å²) in [6, 6.07) is 4.35. The number of hydrogen-bond acceptors (Lipinski definition) is 4. The molecule has 1 aromatic heterocycles. The molecule has 2 aromatic rings. The lowest BCUT2D eigenvalue weighted by atomic mass is 10.2. The smallest absolute Gasteiger partial charge is 0.313 e. The number of aromatic nitrogens is 3. The van der Waals surface area contributed by atoms with Crippen LogP contribution in [0.2, 0.25) is 0 Å². The molecular formula is C13H13BrFN3O2S. The molecule has 0 aliphatic heterocycles. The first kappa shape index (κ1) is 16.0. The Hall–Kier alpha value is -1.41. The molecule has 2 rings (SSSR count). The molecule has 1 heterocycles. The van der Waals surface area contributed by atoms with Crippen LogP contribution in [0.3, 0.4) is 0 Å². The second kappa shape index (κ2) is 6.57. The summed E-state index contributed by atoms with van der Waals surface area (Å²) >= 11 is 4.46. The number of carboxylic acids is 1. The maximum atomic E-state index is 13.5. The van der Waals surface area contributed by atoms with Crippen LogP contribution in [0.15, 0.2) is 27.8 Å². The van der Waals surface area contributed by atoms with Crippen LogP contribution in [0, 0.1) is 5.82 Å². The number of rotatable bonds is 5. The van der Waals surface area contributed by atoms with Gasteiger partial charge < -0.3 is 5.11 Å².